The normalized spacial score (nSPS) is 12.9. The molecule has 1 rings (SSSR count). The van der Waals surface area contributed by atoms with Crippen LogP contribution in [0.5, 0.6) is 5.75 Å². The van der Waals surface area contributed by atoms with Gasteiger partial charge in [0.1, 0.15) is 5.75 Å². The molecule has 0 radical (unpaired) electrons. The summed E-state index contributed by atoms with van der Waals surface area (Å²) in [5, 5.41) is 0. The smallest absolute Gasteiger partial charge is 0.252 e. The number of carbonyl (C=O) groups is 1. The van der Waals surface area contributed by atoms with Crippen LogP contribution in [0, 0.1) is 0 Å². The zero-order chi connectivity index (χ0) is 15.3. The van der Waals surface area contributed by atoms with E-state index in [-0.39, 0.29) is 22.8 Å². The van der Waals surface area contributed by atoms with E-state index >= 15 is 0 Å². The third-order valence-corrected chi connectivity index (χ3v) is 4.11. The van der Waals surface area contributed by atoms with Gasteiger partial charge in [0.05, 0.1) is 24.2 Å². The van der Waals surface area contributed by atoms with Crippen LogP contribution in [-0.4, -0.2) is 41.2 Å². The summed E-state index contributed by atoms with van der Waals surface area (Å²) in [6.07, 6.45) is 0. The van der Waals surface area contributed by atoms with Crippen LogP contribution in [0.1, 0.15) is 17.3 Å². The number of nitrogens with two attached hydrogens (primary N) is 1. The summed E-state index contributed by atoms with van der Waals surface area (Å²) in [5.41, 5.74) is 5.21. The van der Waals surface area contributed by atoms with Crippen molar-refractivity contribution in [1.82, 2.24) is 4.72 Å². The molecule has 0 spiro atoms. The second kappa shape index (κ2) is 6.69. The first-order chi connectivity index (χ1) is 9.31. The number of nitrogens with one attached hydrogen (secondary N) is 1. The summed E-state index contributed by atoms with van der Waals surface area (Å²) in [6.45, 7) is 1.90. The molecule has 20 heavy (non-hydrogen) atoms. The number of carbonyl (C=O) groups excluding carboxylic acids is 1. The molecule has 0 saturated carbocycles. The average molecular weight is 302 g/mol. The Bertz CT molecular complexity index is 586. The van der Waals surface area contributed by atoms with E-state index in [0.717, 1.165) is 0 Å². The molecule has 7 nitrogen and oxygen atoms in total. The highest BCUT2D eigenvalue weighted by atomic mass is 32.2. The van der Waals surface area contributed by atoms with Crippen LogP contribution in [-0.2, 0) is 14.8 Å². The molecule has 0 heterocycles. The predicted molar refractivity (Wildman–Crippen MR) is 73.2 cm³/mol. The van der Waals surface area contributed by atoms with Crippen molar-refractivity contribution in [3.8, 4) is 5.75 Å². The van der Waals surface area contributed by atoms with Crippen molar-refractivity contribution in [2.24, 2.45) is 5.73 Å². The number of hydrogen-bond donors (Lipinski definition) is 2. The molecule has 1 atom stereocenters. The molecule has 1 unspecified atom stereocenters. The van der Waals surface area contributed by atoms with Crippen molar-refractivity contribution in [2.75, 3.05) is 20.8 Å². The number of ether oxygens (including phenoxy) is 2. The van der Waals surface area contributed by atoms with Gasteiger partial charge in [0, 0.05) is 13.2 Å². The fourth-order valence-corrected chi connectivity index (χ4v) is 2.92. The van der Waals surface area contributed by atoms with Gasteiger partial charge in [0.25, 0.3) is 5.91 Å². The van der Waals surface area contributed by atoms with Crippen molar-refractivity contribution < 1.29 is 22.7 Å². The summed E-state index contributed by atoms with van der Waals surface area (Å²) >= 11 is 0. The summed E-state index contributed by atoms with van der Waals surface area (Å²) in [7, 11) is -0.911. The molecule has 0 bridgehead atoms. The molecule has 0 saturated heterocycles. The lowest BCUT2D eigenvalue weighted by atomic mass is 10.2. The lowest BCUT2D eigenvalue weighted by Crippen LogP contribution is -2.35. The topological polar surface area (TPSA) is 108 Å². The largest absolute Gasteiger partial charge is 0.496 e. The molecular weight excluding hydrogens is 284 g/mol. The summed E-state index contributed by atoms with van der Waals surface area (Å²) < 4.78 is 36.5. The molecule has 0 aliphatic heterocycles. The highest BCUT2D eigenvalue weighted by molar-refractivity contribution is 7.89. The SMILES string of the molecule is COCC(C)NS(=O)(=O)c1ccc(OC)c(C(N)=O)c1. The Morgan fingerprint density at radius 1 is 1.40 bits per heavy atom. The van der Waals surface area contributed by atoms with E-state index in [1.165, 1.54) is 32.4 Å². The van der Waals surface area contributed by atoms with Crippen molar-refractivity contribution in [2.45, 2.75) is 17.9 Å². The maximum Gasteiger partial charge on any atom is 0.252 e. The van der Waals surface area contributed by atoms with Gasteiger partial charge >= 0.3 is 0 Å². The van der Waals surface area contributed by atoms with Gasteiger partial charge < -0.3 is 15.2 Å². The van der Waals surface area contributed by atoms with E-state index in [1.54, 1.807) is 6.92 Å². The van der Waals surface area contributed by atoms with Crippen LogP contribution in [0.3, 0.4) is 0 Å². The van der Waals surface area contributed by atoms with E-state index < -0.39 is 22.0 Å². The zero-order valence-corrected chi connectivity index (χ0v) is 12.4. The van der Waals surface area contributed by atoms with E-state index in [1.807, 2.05) is 0 Å². The molecule has 112 valence electrons. The van der Waals surface area contributed by atoms with Gasteiger partial charge in [-0.3, -0.25) is 4.79 Å². The van der Waals surface area contributed by atoms with Crippen molar-refractivity contribution in [3.05, 3.63) is 23.8 Å². The highest BCUT2D eigenvalue weighted by Crippen LogP contribution is 2.22. The molecule has 3 N–H and O–H groups in total. The predicted octanol–water partition coefficient (Wildman–Crippen LogP) is 0.107. The third-order valence-electron chi connectivity index (χ3n) is 2.52. The number of methoxy groups -OCH3 is 2. The van der Waals surface area contributed by atoms with Gasteiger partial charge in [-0.15, -0.1) is 0 Å². The number of benzene rings is 1. The molecule has 0 fully saturated rings. The van der Waals surface area contributed by atoms with Gasteiger partial charge in [-0.25, -0.2) is 13.1 Å². The molecule has 0 aliphatic carbocycles. The number of sulfonamides is 1. The number of primary amides is 1. The van der Waals surface area contributed by atoms with E-state index in [9.17, 15) is 13.2 Å². The zero-order valence-electron chi connectivity index (χ0n) is 11.5. The van der Waals surface area contributed by atoms with Crippen molar-refractivity contribution in [3.63, 3.8) is 0 Å². The van der Waals surface area contributed by atoms with Crippen LogP contribution < -0.4 is 15.2 Å². The summed E-state index contributed by atoms with van der Waals surface area (Å²) in [6, 6.07) is 3.51. The lowest BCUT2D eigenvalue weighted by molar-refractivity contribution is 0.0997. The minimum absolute atomic E-state index is 0.00905. The third kappa shape index (κ3) is 3.92. The first-order valence-electron chi connectivity index (χ1n) is 5.81. The minimum atomic E-state index is -3.76. The minimum Gasteiger partial charge on any atom is -0.496 e. The Hall–Kier alpha value is -1.64. The molecule has 0 aromatic heterocycles. The second-order valence-electron chi connectivity index (χ2n) is 4.20. The van der Waals surface area contributed by atoms with Crippen LogP contribution in [0.2, 0.25) is 0 Å². The molecule has 1 amide bonds. The van der Waals surface area contributed by atoms with Crippen LogP contribution in [0.4, 0.5) is 0 Å². The maximum absolute atomic E-state index is 12.1. The Balaban J connectivity index is 3.13. The first-order valence-corrected chi connectivity index (χ1v) is 7.29. The monoisotopic (exact) mass is 302 g/mol. The fraction of sp³-hybridized carbons (Fsp3) is 0.417. The van der Waals surface area contributed by atoms with E-state index in [0.29, 0.717) is 0 Å². The first kappa shape index (κ1) is 16.4. The highest BCUT2D eigenvalue weighted by Gasteiger charge is 2.20. The van der Waals surface area contributed by atoms with Gasteiger partial charge in [-0.1, -0.05) is 0 Å². The maximum atomic E-state index is 12.1. The van der Waals surface area contributed by atoms with E-state index in [2.05, 4.69) is 4.72 Å². The molecule has 0 aliphatic rings. The van der Waals surface area contributed by atoms with Gasteiger partial charge in [-0.2, -0.15) is 0 Å². The number of amides is 1. The molecule has 8 heteroatoms. The fourth-order valence-electron chi connectivity index (χ4n) is 1.66. The standard InChI is InChI=1S/C12H18N2O5S/c1-8(7-18-2)14-20(16,17)9-4-5-11(19-3)10(6-9)12(13)15/h4-6,8,14H,7H2,1-3H3,(H2,13,15). The summed E-state index contributed by atoms with van der Waals surface area (Å²) in [5.74, 6) is -0.537. The number of rotatable bonds is 7. The van der Waals surface area contributed by atoms with Crippen LogP contribution in [0.15, 0.2) is 23.1 Å². The van der Waals surface area contributed by atoms with Gasteiger partial charge in [0.15, 0.2) is 0 Å². The quantitative estimate of drug-likeness (QED) is 0.743. The Kier molecular flexibility index (Phi) is 5.49. The van der Waals surface area contributed by atoms with Crippen LogP contribution in [0.25, 0.3) is 0 Å². The lowest BCUT2D eigenvalue weighted by Gasteiger charge is -2.14. The molecular formula is C12H18N2O5S. The average Bonchev–Trinajstić information content (AvgIpc) is 2.37. The van der Waals surface area contributed by atoms with Gasteiger partial charge in [0.2, 0.25) is 10.0 Å². The molecule has 1 aromatic rings. The second-order valence-corrected chi connectivity index (χ2v) is 5.92. The van der Waals surface area contributed by atoms with Crippen molar-refractivity contribution >= 4 is 15.9 Å². The van der Waals surface area contributed by atoms with Crippen LogP contribution >= 0.6 is 0 Å². The molecule has 1 aromatic carbocycles. The Labute approximate surface area is 118 Å². The number of hydrogen-bond acceptors (Lipinski definition) is 5. The van der Waals surface area contributed by atoms with Crippen molar-refractivity contribution in [1.29, 1.82) is 0 Å². The van der Waals surface area contributed by atoms with E-state index in [4.69, 9.17) is 15.2 Å². The Morgan fingerprint density at radius 2 is 2.05 bits per heavy atom. The Morgan fingerprint density at radius 3 is 2.55 bits per heavy atom. The van der Waals surface area contributed by atoms with Gasteiger partial charge in [-0.05, 0) is 25.1 Å². The summed E-state index contributed by atoms with van der Waals surface area (Å²) in [4.78, 5) is 11.2.